The lowest BCUT2D eigenvalue weighted by atomic mass is 10.0. The van der Waals surface area contributed by atoms with Crippen LogP contribution in [0.2, 0.25) is 0 Å². The molecule has 0 aliphatic rings. The molecule has 0 heterocycles. The van der Waals surface area contributed by atoms with Gasteiger partial charge in [-0.05, 0) is 25.7 Å². The summed E-state index contributed by atoms with van der Waals surface area (Å²) >= 11 is 0. The average molecular weight is 132 g/mol. The van der Waals surface area contributed by atoms with Crippen LogP contribution in [0, 0.1) is 5.92 Å². The van der Waals surface area contributed by atoms with Gasteiger partial charge >= 0.3 is 0 Å². The van der Waals surface area contributed by atoms with Gasteiger partial charge in [0.15, 0.2) is 0 Å². The maximum Gasteiger partial charge on any atom is 0.0512 e. The van der Waals surface area contributed by atoms with E-state index in [1.54, 1.807) is 6.92 Å². The third kappa shape index (κ3) is 5.80. The molecule has 0 aromatic heterocycles. The van der Waals surface area contributed by atoms with Crippen LogP contribution in [0.15, 0.2) is 0 Å². The molecule has 0 aromatic carbocycles. The van der Waals surface area contributed by atoms with E-state index in [-0.39, 0.29) is 12.7 Å². The monoisotopic (exact) mass is 132 g/mol. The van der Waals surface area contributed by atoms with Crippen molar-refractivity contribution in [2.45, 2.75) is 32.8 Å². The molecule has 9 heavy (non-hydrogen) atoms. The lowest BCUT2D eigenvalue weighted by molar-refractivity contribution is 0.160. The van der Waals surface area contributed by atoms with Crippen LogP contribution in [0.3, 0.4) is 0 Å². The number of aliphatic hydroxyl groups is 2. The van der Waals surface area contributed by atoms with E-state index in [1.807, 2.05) is 6.92 Å². The second-order valence-corrected chi connectivity index (χ2v) is 2.71. The van der Waals surface area contributed by atoms with Crippen molar-refractivity contribution in [3.05, 3.63) is 0 Å². The van der Waals surface area contributed by atoms with Crippen LogP contribution in [0.25, 0.3) is 0 Å². The highest BCUT2D eigenvalue weighted by Crippen LogP contribution is 2.05. The third-order valence-corrected chi connectivity index (χ3v) is 1.39. The van der Waals surface area contributed by atoms with Gasteiger partial charge in [-0.15, -0.1) is 0 Å². The highest BCUT2D eigenvalue weighted by Gasteiger charge is 2.01. The van der Waals surface area contributed by atoms with Crippen molar-refractivity contribution in [2.75, 3.05) is 6.61 Å². The second-order valence-electron chi connectivity index (χ2n) is 2.71. The number of rotatable bonds is 4. The second kappa shape index (κ2) is 4.77. The van der Waals surface area contributed by atoms with Gasteiger partial charge in [0.2, 0.25) is 0 Å². The van der Waals surface area contributed by atoms with E-state index in [9.17, 15) is 0 Å². The lowest BCUT2D eigenvalue weighted by Gasteiger charge is -2.07. The molecule has 0 saturated carbocycles. The van der Waals surface area contributed by atoms with Gasteiger partial charge in [-0.1, -0.05) is 6.92 Å². The largest absolute Gasteiger partial charge is 0.396 e. The van der Waals surface area contributed by atoms with Crippen LogP contribution in [0.4, 0.5) is 0 Å². The minimum absolute atomic E-state index is 0.223. The molecule has 0 aliphatic carbocycles. The minimum atomic E-state index is -0.223. The predicted molar refractivity (Wildman–Crippen MR) is 37.2 cm³/mol. The van der Waals surface area contributed by atoms with Crippen LogP contribution >= 0.6 is 0 Å². The van der Waals surface area contributed by atoms with Gasteiger partial charge in [0.05, 0.1) is 6.10 Å². The normalized spacial score (nSPS) is 17.3. The van der Waals surface area contributed by atoms with Crippen LogP contribution in [-0.2, 0) is 0 Å². The fourth-order valence-corrected chi connectivity index (χ4v) is 0.617. The summed E-state index contributed by atoms with van der Waals surface area (Å²) in [6.07, 6.45) is 1.48. The third-order valence-electron chi connectivity index (χ3n) is 1.39. The van der Waals surface area contributed by atoms with Gasteiger partial charge in [-0.3, -0.25) is 0 Å². The SMILES string of the molecule is CC(O)CCC(C)CO. The Bertz CT molecular complexity index is 61.9. The molecule has 0 amide bonds. The predicted octanol–water partition coefficient (Wildman–Crippen LogP) is 0.776. The first-order chi connectivity index (χ1) is 4.16. The fourth-order valence-electron chi connectivity index (χ4n) is 0.617. The number of hydrogen-bond acceptors (Lipinski definition) is 2. The zero-order chi connectivity index (χ0) is 7.28. The molecule has 2 unspecified atom stereocenters. The van der Waals surface area contributed by atoms with E-state index in [2.05, 4.69) is 0 Å². The maximum absolute atomic E-state index is 8.82. The molecule has 0 aromatic rings. The first kappa shape index (κ1) is 8.92. The molecule has 56 valence electrons. The first-order valence-corrected chi connectivity index (χ1v) is 3.45. The summed E-state index contributed by atoms with van der Waals surface area (Å²) in [5.74, 6) is 0.333. The van der Waals surface area contributed by atoms with Crippen LogP contribution in [0.5, 0.6) is 0 Å². The summed E-state index contributed by atoms with van der Waals surface area (Å²) in [5, 5.41) is 17.4. The highest BCUT2D eigenvalue weighted by atomic mass is 16.3. The van der Waals surface area contributed by atoms with Crippen LogP contribution in [-0.4, -0.2) is 22.9 Å². The van der Waals surface area contributed by atoms with E-state index in [0.29, 0.717) is 5.92 Å². The summed E-state index contributed by atoms with van der Waals surface area (Å²) in [4.78, 5) is 0. The fraction of sp³-hybridized carbons (Fsp3) is 1.00. The number of aliphatic hydroxyl groups excluding tert-OH is 2. The smallest absolute Gasteiger partial charge is 0.0512 e. The number of hydrogen-bond donors (Lipinski definition) is 2. The van der Waals surface area contributed by atoms with Crippen molar-refractivity contribution >= 4 is 0 Å². The summed E-state index contributed by atoms with van der Waals surface area (Å²) in [5.41, 5.74) is 0. The van der Waals surface area contributed by atoms with Crippen molar-refractivity contribution in [2.24, 2.45) is 5.92 Å². The molecule has 2 heteroatoms. The molecule has 0 radical (unpaired) electrons. The molecule has 0 spiro atoms. The van der Waals surface area contributed by atoms with Crippen molar-refractivity contribution in [1.29, 1.82) is 0 Å². The van der Waals surface area contributed by atoms with Crippen LogP contribution in [0.1, 0.15) is 26.7 Å². The molecular weight excluding hydrogens is 116 g/mol. The van der Waals surface area contributed by atoms with Gasteiger partial charge in [0.1, 0.15) is 0 Å². The van der Waals surface area contributed by atoms with Crippen molar-refractivity contribution in [1.82, 2.24) is 0 Å². The van der Waals surface area contributed by atoms with E-state index in [1.165, 1.54) is 0 Å². The molecule has 0 rings (SSSR count). The van der Waals surface area contributed by atoms with Crippen LogP contribution < -0.4 is 0 Å². The average Bonchev–Trinajstić information content (AvgIpc) is 1.83. The molecule has 0 bridgehead atoms. The molecule has 0 aliphatic heterocycles. The molecule has 2 N–H and O–H groups in total. The van der Waals surface area contributed by atoms with E-state index in [4.69, 9.17) is 10.2 Å². The standard InChI is InChI=1S/C7H16O2/c1-6(5-8)3-4-7(2)9/h6-9H,3-5H2,1-2H3. The molecule has 2 nitrogen and oxygen atoms in total. The molecule has 0 fully saturated rings. The molecular formula is C7H16O2. The van der Waals surface area contributed by atoms with E-state index >= 15 is 0 Å². The Labute approximate surface area is 56.5 Å². The van der Waals surface area contributed by atoms with Crippen molar-refractivity contribution < 1.29 is 10.2 Å². The topological polar surface area (TPSA) is 40.5 Å². The van der Waals surface area contributed by atoms with Gasteiger partial charge in [-0.2, -0.15) is 0 Å². The quantitative estimate of drug-likeness (QED) is 0.593. The Morgan fingerprint density at radius 2 is 1.78 bits per heavy atom. The van der Waals surface area contributed by atoms with Crippen molar-refractivity contribution in [3.8, 4) is 0 Å². The Morgan fingerprint density at radius 1 is 1.22 bits per heavy atom. The van der Waals surface area contributed by atoms with Gasteiger partial charge in [0.25, 0.3) is 0 Å². The lowest BCUT2D eigenvalue weighted by Crippen LogP contribution is -2.06. The summed E-state index contributed by atoms with van der Waals surface area (Å²) < 4.78 is 0. The van der Waals surface area contributed by atoms with E-state index < -0.39 is 0 Å². The van der Waals surface area contributed by atoms with Gasteiger partial charge in [0, 0.05) is 6.61 Å². The van der Waals surface area contributed by atoms with Gasteiger partial charge < -0.3 is 10.2 Å². The molecule has 0 saturated heterocycles. The summed E-state index contributed by atoms with van der Waals surface area (Å²) in [7, 11) is 0. The highest BCUT2D eigenvalue weighted by molar-refractivity contribution is 4.53. The Balaban J connectivity index is 3.06. The van der Waals surface area contributed by atoms with Gasteiger partial charge in [-0.25, -0.2) is 0 Å². The molecule has 2 atom stereocenters. The Kier molecular flexibility index (Phi) is 4.72. The minimum Gasteiger partial charge on any atom is -0.396 e. The maximum atomic E-state index is 8.82. The van der Waals surface area contributed by atoms with E-state index in [0.717, 1.165) is 12.8 Å². The summed E-state index contributed by atoms with van der Waals surface area (Å²) in [6, 6.07) is 0. The first-order valence-electron chi connectivity index (χ1n) is 3.45. The van der Waals surface area contributed by atoms with Crippen molar-refractivity contribution in [3.63, 3.8) is 0 Å². The Hall–Kier alpha value is -0.0800. The zero-order valence-electron chi connectivity index (χ0n) is 6.17. The Morgan fingerprint density at radius 3 is 2.11 bits per heavy atom. The zero-order valence-corrected chi connectivity index (χ0v) is 6.17. The summed E-state index contributed by atoms with van der Waals surface area (Å²) in [6.45, 7) is 3.97.